The van der Waals surface area contributed by atoms with Gasteiger partial charge in [0.2, 0.25) is 0 Å². The Hall–Kier alpha value is -0.900. The van der Waals surface area contributed by atoms with Crippen LogP contribution in [0.2, 0.25) is 0 Å². The van der Waals surface area contributed by atoms with E-state index in [4.69, 9.17) is 4.74 Å². The zero-order chi connectivity index (χ0) is 15.8. The van der Waals surface area contributed by atoms with E-state index in [1.165, 1.54) is 30.5 Å². The number of benzene rings is 1. The third-order valence-electron chi connectivity index (χ3n) is 4.33. The smallest absolute Gasteiger partial charge is 0.0594 e. The summed E-state index contributed by atoms with van der Waals surface area (Å²) >= 11 is 0. The summed E-state index contributed by atoms with van der Waals surface area (Å²) in [7, 11) is 0. The fourth-order valence-corrected chi connectivity index (χ4v) is 2.77. The average molecular weight is 304 g/mol. The first-order chi connectivity index (χ1) is 10.6. The van der Waals surface area contributed by atoms with Crippen molar-refractivity contribution in [1.82, 2.24) is 10.2 Å². The molecule has 1 aromatic carbocycles. The van der Waals surface area contributed by atoms with Gasteiger partial charge in [0, 0.05) is 19.6 Å². The molecule has 1 N–H and O–H groups in total. The van der Waals surface area contributed by atoms with Crippen LogP contribution >= 0.6 is 0 Å². The summed E-state index contributed by atoms with van der Waals surface area (Å²) in [6.07, 6.45) is 2.52. The van der Waals surface area contributed by atoms with Crippen molar-refractivity contribution in [2.75, 3.05) is 39.4 Å². The maximum atomic E-state index is 5.37. The molecule has 1 aromatic rings. The van der Waals surface area contributed by atoms with Crippen molar-refractivity contribution in [2.24, 2.45) is 0 Å². The highest BCUT2D eigenvalue weighted by molar-refractivity contribution is 5.27. The number of rotatable bonds is 7. The van der Waals surface area contributed by atoms with Crippen LogP contribution in [0.3, 0.4) is 0 Å². The second-order valence-electron chi connectivity index (χ2n) is 7.28. The normalized spacial score (nSPS) is 16.9. The van der Waals surface area contributed by atoms with Gasteiger partial charge in [-0.25, -0.2) is 0 Å². The Balaban J connectivity index is 1.56. The fraction of sp³-hybridized carbons (Fsp3) is 0.684. The van der Waals surface area contributed by atoms with E-state index in [-0.39, 0.29) is 5.41 Å². The number of hydrogen-bond acceptors (Lipinski definition) is 3. The van der Waals surface area contributed by atoms with Crippen LogP contribution in [0, 0.1) is 0 Å². The van der Waals surface area contributed by atoms with E-state index in [0.29, 0.717) is 0 Å². The van der Waals surface area contributed by atoms with E-state index in [1.807, 2.05) is 0 Å². The number of unbranched alkanes of at least 4 members (excludes halogenated alkanes) is 1. The van der Waals surface area contributed by atoms with E-state index < -0.39 is 0 Å². The molecule has 1 heterocycles. The number of nitrogens with one attached hydrogen (secondary N) is 1. The third kappa shape index (κ3) is 6.07. The van der Waals surface area contributed by atoms with E-state index >= 15 is 0 Å². The van der Waals surface area contributed by atoms with Crippen molar-refractivity contribution in [3.05, 3.63) is 35.4 Å². The molecule has 0 bridgehead atoms. The third-order valence-corrected chi connectivity index (χ3v) is 4.33. The van der Waals surface area contributed by atoms with Crippen molar-refractivity contribution in [2.45, 2.75) is 45.6 Å². The maximum absolute atomic E-state index is 5.37. The van der Waals surface area contributed by atoms with Gasteiger partial charge >= 0.3 is 0 Å². The Labute approximate surface area is 136 Å². The molecule has 22 heavy (non-hydrogen) atoms. The summed E-state index contributed by atoms with van der Waals surface area (Å²) in [5.74, 6) is 0. The lowest BCUT2D eigenvalue weighted by atomic mass is 9.87. The number of morpholine rings is 1. The SMILES string of the molecule is CC(C)(C)c1ccc(CNCCCCN2CCOCC2)cc1. The minimum atomic E-state index is 0.242. The van der Waals surface area contributed by atoms with E-state index in [1.54, 1.807) is 0 Å². The van der Waals surface area contributed by atoms with Crippen LogP contribution in [0.25, 0.3) is 0 Å². The zero-order valence-electron chi connectivity index (χ0n) is 14.5. The number of nitrogens with zero attached hydrogens (tertiary/aromatic N) is 1. The van der Waals surface area contributed by atoms with Crippen molar-refractivity contribution < 1.29 is 4.74 Å². The molecular weight excluding hydrogens is 272 g/mol. The molecule has 0 unspecified atom stereocenters. The van der Waals surface area contributed by atoms with Gasteiger partial charge in [-0.2, -0.15) is 0 Å². The largest absolute Gasteiger partial charge is 0.379 e. The molecule has 0 aromatic heterocycles. The van der Waals surface area contributed by atoms with E-state index in [2.05, 4.69) is 55.3 Å². The first-order valence-corrected chi connectivity index (χ1v) is 8.66. The Kier molecular flexibility index (Phi) is 6.87. The highest BCUT2D eigenvalue weighted by atomic mass is 16.5. The minimum Gasteiger partial charge on any atom is -0.379 e. The molecule has 0 atom stereocenters. The summed E-state index contributed by atoms with van der Waals surface area (Å²) < 4.78 is 5.37. The Morgan fingerprint density at radius 2 is 1.73 bits per heavy atom. The maximum Gasteiger partial charge on any atom is 0.0594 e. The Morgan fingerprint density at radius 3 is 2.36 bits per heavy atom. The Bertz CT molecular complexity index is 416. The first kappa shape index (κ1) is 17.5. The van der Waals surface area contributed by atoms with Gasteiger partial charge in [0.15, 0.2) is 0 Å². The summed E-state index contributed by atoms with van der Waals surface area (Å²) in [6, 6.07) is 9.02. The van der Waals surface area contributed by atoms with Crippen LogP contribution in [0.15, 0.2) is 24.3 Å². The van der Waals surface area contributed by atoms with Crippen LogP contribution in [0.1, 0.15) is 44.7 Å². The molecule has 1 aliphatic heterocycles. The van der Waals surface area contributed by atoms with Crippen molar-refractivity contribution in [3.63, 3.8) is 0 Å². The summed E-state index contributed by atoms with van der Waals surface area (Å²) in [5.41, 5.74) is 3.02. The van der Waals surface area contributed by atoms with Gasteiger partial charge in [-0.15, -0.1) is 0 Å². The van der Waals surface area contributed by atoms with E-state index in [9.17, 15) is 0 Å². The lowest BCUT2D eigenvalue weighted by molar-refractivity contribution is 0.0372. The molecular formula is C19H32N2O. The molecule has 0 radical (unpaired) electrons. The molecule has 0 amide bonds. The molecule has 1 aliphatic rings. The minimum absolute atomic E-state index is 0.242. The molecule has 124 valence electrons. The summed E-state index contributed by atoms with van der Waals surface area (Å²) in [4.78, 5) is 2.51. The van der Waals surface area contributed by atoms with Crippen LogP contribution in [-0.2, 0) is 16.7 Å². The standard InChI is InChI=1S/C19H32N2O/c1-19(2,3)18-8-6-17(7-9-18)16-20-10-4-5-11-21-12-14-22-15-13-21/h6-9,20H,4-5,10-16H2,1-3H3. The number of hydrogen-bond donors (Lipinski definition) is 1. The summed E-state index contributed by atoms with van der Waals surface area (Å²) in [5, 5.41) is 3.55. The molecule has 3 heteroatoms. The lowest BCUT2D eigenvalue weighted by Crippen LogP contribution is -2.37. The molecule has 0 aliphatic carbocycles. The fourth-order valence-electron chi connectivity index (χ4n) is 2.77. The lowest BCUT2D eigenvalue weighted by Gasteiger charge is -2.26. The summed E-state index contributed by atoms with van der Waals surface area (Å²) in [6.45, 7) is 14.1. The van der Waals surface area contributed by atoms with Gasteiger partial charge in [-0.05, 0) is 42.5 Å². The van der Waals surface area contributed by atoms with Gasteiger partial charge in [0.25, 0.3) is 0 Å². The molecule has 2 rings (SSSR count). The molecule has 0 spiro atoms. The van der Waals surface area contributed by atoms with Crippen LogP contribution in [0.5, 0.6) is 0 Å². The monoisotopic (exact) mass is 304 g/mol. The topological polar surface area (TPSA) is 24.5 Å². The zero-order valence-corrected chi connectivity index (χ0v) is 14.5. The van der Waals surface area contributed by atoms with Crippen LogP contribution in [-0.4, -0.2) is 44.3 Å². The second-order valence-corrected chi connectivity index (χ2v) is 7.28. The highest BCUT2D eigenvalue weighted by Gasteiger charge is 2.12. The highest BCUT2D eigenvalue weighted by Crippen LogP contribution is 2.22. The number of ether oxygens (including phenoxy) is 1. The molecule has 3 nitrogen and oxygen atoms in total. The average Bonchev–Trinajstić information content (AvgIpc) is 2.51. The Morgan fingerprint density at radius 1 is 1.05 bits per heavy atom. The van der Waals surface area contributed by atoms with Crippen molar-refractivity contribution in [3.8, 4) is 0 Å². The van der Waals surface area contributed by atoms with Gasteiger partial charge < -0.3 is 10.1 Å². The molecule has 1 fully saturated rings. The van der Waals surface area contributed by atoms with Crippen molar-refractivity contribution in [1.29, 1.82) is 0 Å². The van der Waals surface area contributed by atoms with Crippen molar-refractivity contribution >= 4 is 0 Å². The van der Waals surface area contributed by atoms with Gasteiger partial charge in [-0.3, -0.25) is 4.90 Å². The van der Waals surface area contributed by atoms with Gasteiger partial charge in [0.1, 0.15) is 0 Å². The quantitative estimate of drug-likeness (QED) is 0.783. The van der Waals surface area contributed by atoms with Crippen LogP contribution < -0.4 is 5.32 Å². The molecule has 0 saturated carbocycles. The predicted molar refractivity (Wildman–Crippen MR) is 93.3 cm³/mol. The van der Waals surface area contributed by atoms with Gasteiger partial charge in [-0.1, -0.05) is 45.0 Å². The molecule has 1 saturated heterocycles. The second kappa shape index (κ2) is 8.66. The van der Waals surface area contributed by atoms with E-state index in [0.717, 1.165) is 39.4 Å². The van der Waals surface area contributed by atoms with Gasteiger partial charge in [0.05, 0.1) is 13.2 Å². The van der Waals surface area contributed by atoms with Crippen LogP contribution in [0.4, 0.5) is 0 Å². The first-order valence-electron chi connectivity index (χ1n) is 8.66. The predicted octanol–water partition coefficient (Wildman–Crippen LogP) is 3.19.